The average Bonchev–Trinajstić information content (AvgIpc) is 2.44. The van der Waals surface area contributed by atoms with Gasteiger partial charge in [0.2, 0.25) is 0 Å². The third-order valence-corrected chi connectivity index (χ3v) is 3.17. The number of hydrazine groups is 1. The van der Waals surface area contributed by atoms with Crippen molar-refractivity contribution in [2.75, 3.05) is 0 Å². The molecule has 0 aliphatic heterocycles. The normalized spacial score (nSPS) is 13.8. The average molecular weight is 338 g/mol. The predicted octanol–water partition coefficient (Wildman–Crippen LogP) is 1.86. The van der Waals surface area contributed by atoms with E-state index in [0.29, 0.717) is 5.75 Å². The van der Waals surface area contributed by atoms with Crippen LogP contribution in [-0.4, -0.2) is 11.3 Å². The van der Waals surface area contributed by atoms with Crippen molar-refractivity contribution in [1.29, 1.82) is 0 Å². The standard InChI is InChI=1S/C14H16BrN3O2/c15-11-7-4-8-12(9-11)20-18-17-13(14(16)19)10-5-2-1-3-6-10/h1-9,13-14,17-19H,16H2. The molecule has 2 atom stereocenters. The Morgan fingerprint density at radius 3 is 2.50 bits per heavy atom. The predicted molar refractivity (Wildman–Crippen MR) is 80.4 cm³/mol. The van der Waals surface area contributed by atoms with Gasteiger partial charge in [-0.3, -0.25) is 0 Å². The molecule has 0 aliphatic rings. The first-order chi connectivity index (χ1) is 9.66. The summed E-state index contributed by atoms with van der Waals surface area (Å²) >= 11 is 3.35. The SMILES string of the molecule is NC(O)C(NNOc1cccc(Br)c1)c1ccccc1. The van der Waals surface area contributed by atoms with E-state index in [2.05, 4.69) is 26.9 Å². The van der Waals surface area contributed by atoms with Crippen LogP contribution in [0.2, 0.25) is 0 Å². The summed E-state index contributed by atoms with van der Waals surface area (Å²) in [6.45, 7) is 0. The van der Waals surface area contributed by atoms with Gasteiger partial charge in [0.05, 0.1) is 6.04 Å². The minimum Gasteiger partial charge on any atom is -0.394 e. The second-order valence-electron chi connectivity index (χ2n) is 4.18. The van der Waals surface area contributed by atoms with Gasteiger partial charge in [-0.05, 0) is 23.8 Å². The van der Waals surface area contributed by atoms with E-state index < -0.39 is 12.3 Å². The number of nitrogens with one attached hydrogen (secondary N) is 2. The minimum atomic E-state index is -1.06. The van der Waals surface area contributed by atoms with Crippen molar-refractivity contribution in [1.82, 2.24) is 11.0 Å². The summed E-state index contributed by atoms with van der Waals surface area (Å²) in [5, 5.41) is 9.62. The Morgan fingerprint density at radius 2 is 1.85 bits per heavy atom. The van der Waals surface area contributed by atoms with Gasteiger partial charge in [0.25, 0.3) is 0 Å². The molecule has 106 valence electrons. The Morgan fingerprint density at radius 1 is 1.10 bits per heavy atom. The lowest BCUT2D eigenvalue weighted by molar-refractivity contribution is 0.0703. The second kappa shape index (κ2) is 7.37. The molecule has 0 saturated heterocycles. The van der Waals surface area contributed by atoms with E-state index in [0.717, 1.165) is 10.0 Å². The van der Waals surface area contributed by atoms with E-state index in [9.17, 15) is 5.11 Å². The maximum atomic E-state index is 9.62. The fourth-order valence-corrected chi connectivity index (χ4v) is 2.09. The van der Waals surface area contributed by atoms with Gasteiger partial charge in [0, 0.05) is 4.47 Å². The monoisotopic (exact) mass is 337 g/mol. The number of rotatable bonds is 6. The van der Waals surface area contributed by atoms with Crippen molar-refractivity contribution >= 4 is 15.9 Å². The zero-order chi connectivity index (χ0) is 14.4. The molecule has 0 amide bonds. The lowest BCUT2D eigenvalue weighted by atomic mass is 10.1. The Labute approximate surface area is 125 Å². The molecule has 5 nitrogen and oxygen atoms in total. The maximum absolute atomic E-state index is 9.62. The molecule has 0 spiro atoms. The molecule has 6 heteroatoms. The first-order valence-electron chi connectivity index (χ1n) is 6.08. The van der Waals surface area contributed by atoms with Crippen LogP contribution >= 0.6 is 15.9 Å². The summed E-state index contributed by atoms with van der Waals surface area (Å²) in [7, 11) is 0. The highest BCUT2D eigenvalue weighted by atomic mass is 79.9. The van der Waals surface area contributed by atoms with Gasteiger partial charge in [-0.2, -0.15) is 0 Å². The number of hydrogen-bond donors (Lipinski definition) is 4. The molecule has 5 N–H and O–H groups in total. The summed E-state index contributed by atoms with van der Waals surface area (Å²) in [5.41, 5.74) is 11.9. The molecular formula is C14H16BrN3O2. The Hall–Kier alpha value is -1.44. The molecule has 0 aromatic heterocycles. The molecule has 20 heavy (non-hydrogen) atoms. The first kappa shape index (κ1) is 15.0. The Balaban J connectivity index is 1.93. The largest absolute Gasteiger partial charge is 0.394 e. The first-order valence-corrected chi connectivity index (χ1v) is 6.87. The molecule has 2 rings (SSSR count). The number of aliphatic hydroxyl groups is 1. The van der Waals surface area contributed by atoms with Crippen LogP contribution in [-0.2, 0) is 0 Å². The molecule has 0 fully saturated rings. The van der Waals surface area contributed by atoms with E-state index in [-0.39, 0.29) is 0 Å². The third-order valence-electron chi connectivity index (χ3n) is 2.68. The zero-order valence-electron chi connectivity index (χ0n) is 10.7. The number of benzene rings is 2. The van der Waals surface area contributed by atoms with E-state index in [1.165, 1.54) is 0 Å². The van der Waals surface area contributed by atoms with Crippen LogP contribution in [0.5, 0.6) is 5.75 Å². The third kappa shape index (κ3) is 4.29. The zero-order valence-corrected chi connectivity index (χ0v) is 12.2. The van der Waals surface area contributed by atoms with Crippen LogP contribution in [0.1, 0.15) is 11.6 Å². The van der Waals surface area contributed by atoms with Gasteiger partial charge in [-0.25, -0.2) is 5.43 Å². The van der Waals surface area contributed by atoms with Crippen LogP contribution in [0.4, 0.5) is 0 Å². The molecular weight excluding hydrogens is 322 g/mol. The molecule has 2 aromatic carbocycles. The van der Waals surface area contributed by atoms with Crippen LogP contribution < -0.4 is 21.6 Å². The summed E-state index contributed by atoms with van der Waals surface area (Å²) in [5.74, 6) is 0.630. The van der Waals surface area contributed by atoms with Crippen molar-refractivity contribution in [3.63, 3.8) is 0 Å². The molecule has 2 unspecified atom stereocenters. The second-order valence-corrected chi connectivity index (χ2v) is 5.10. The van der Waals surface area contributed by atoms with Gasteiger partial charge in [-0.1, -0.05) is 57.9 Å². The van der Waals surface area contributed by atoms with E-state index >= 15 is 0 Å². The highest BCUT2D eigenvalue weighted by Gasteiger charge is 2.17. The summed E-state index contributed by atoms with van der Waals surface area (Å²) in [6, 6.07) is 16.3. The number of halogens is 1. The van der Waals surface area contributed by atoms with E-state index in [1.807, 2.05) is 48.5 Å². The number of nitrogens with two attached hydrogens (primary N) is 1. The molecule has 0 radical (unpaired) electrons. The fraction of sp³-hybridized carbons (Fsp3) is 0.143. The lowest BCUT2D eigenvalue weighted by Crippen LogP contribution is -2.45. The van der Waals surface area contributed by atoms with Crippen LogP contribution in [0.25, 0.3) is 0 Å². The molecule has 2 aromatic rings. The van der Waals surface area contributed by atoms with Crippen LogP contribution in [0.3, 0.4) is 0 Å². The maximum Gasteiger partial charge on any atom is 0.150 e. The van der Waals surface area contributed by atoms with E-state index in [1.54, 1.807) is 6.07 Å². The highest BCUT2D eigenvalue weighted by molar-refractivity contribution is 9.10. The van der Waals surface area contributed by atoms with Gasteiger partial charge >= 0.3 is 0 Å². The Kier molecular flexibility index (Phi) is 5.51. The van der Waals surface area contributed by atoms with E-state index in [4.69, 9.17) is 10.6 Å². The quantitative estimate of drug-likeness (QED) is 0.478. The molecule has 0 heterocycles. The summed E-state index contributed by atoms with van der Waals surface area (Å²) < 4.78 is 0.912. The summed E-state index contributed by atoms with van der Waals surface area (Å²) in [4.78, 5) is 5.33. The van der Waals surface area contributed by atoms with Crippen molar-refractivity contribution in [2.24, 2.45) is 5.73 Å². The van der Waals surface area contributed by atoms with Gasteiger partial charge in [-0.15, -0.1) is 0 Å². The van der Waals surface area contributed by atoms with Crippen molar-refractivity contribution in [2.45, 2.75) is 12.3 Å². The van der Waals surface area contributed by atoms with Crippen molar-refractivity contribution in [3.8, 4) is 5.75 Å². The van der Waals surface area contributed by atoms with Crippen molar-refractivity contribution < 1.29 is 9.94 Å². The van der Waals surface area contributed by atoms with Gasteiger partial charge < -0.3 is 15.7 Å². The fourth-order valence-electron chi connectivity index (χ4n) is 1.71. The Bertz CT molecular complexity index is 537. The summed E-state index contributed by atoms with van der Waals surface area (Å²) in [6.07, 6.45) is -1.06. The minimum absolute atomic E-state index is 0.483. The topological polar surface area (TPSA) is 79.5 Å². The highest BCUT2D eigenvalue weighted by Crippen LogP contribution is 2.17. The van der Waals surface area contributed by atoms with Crippen LogP contribution in [0, 0.1) is 0 Å². The molecule has 0 saturated carbocycles. The number of aliphatic hydroxyl groups excluding tert-OH is 1. The van der Waals surface area contributed by atoms with Crippen LogP contribution in [0.15, 0.2) is 59.1 Å². The van der Waals surface area contributed by atoms with Gasteiger partial charge in [0.15, 0.2) is 0 Å². The molecule has 0 bridgehead atoms. The smallest absolute Gasteiger partial charge is 0.150 e. The molecule has 0 aliphatic carbocycles. The lowest BCUT2D eigenvalue weighted by Gasteiger charge is -2.22. The van der Waals surface area contributed by atoms with Gasteiger partial charge in [0.1, 0.15) is 12.0 Å². The number of hydrogen-bond acceptors (Lipinski definition) is 5. The van der Waals surface area contributed by atoms with Crippen molar-refractivity contribution in [3.05, 3.63) is 64.6 Å².